The van der Waals surface area contributed by atoms with E-state index < -0.39 is 0 Å². The number of nitrogens with two attached hydrogens (primary N) is 1. The van der Waals surface area contributed by atoms with Crippen LogP contribution in [-0.4, -0.2) is 5.55 Å². The number of fused-ring (bicyclic) bond motifs is 1. The lowest BCUT2D eigenvalue weighted by Crippen LogP contribution is -2.22. The second kappa shape index (κ2) is 2.77. The van der Waals surface area contributed by atoms with Crippen molar-refractivity contribution in [2.75, 3.05) is 0 Å². The summed E-state index contributed by atoms with van der Waals surface area (Å²) < 4.78 is 0. The van der Waals surface area contributed by atoms with Crippen molar-refractivity contribution in [1.29, 1.82) is 0 Å². The molecule has 2 rings (SSSR count). The molecule has 2 aliphatic rings. The second-order valence-corrected chi connectivity index (χ2v) is 4.30. The van der Waals surface area contributed by atoms with Gasteiger partial charge in [-0.2, -0.15) is 0 Å². The van der Waals surface area contributed by atoms with Gasteiger partial charge in [-0.05, 0) is 13.8 Å². The first-order chi connectivity index (χ1) is 6.19. The van der Waals surface area contributed by atoms with E-state index in [1.807, 2.05) is 5.55 Å². The van der Waals surface area contributed by atoms with Crippen molar-refractivity contribution in [3.63, 3.8) is 0 Å². The van der Waals surface area contributed by atoms with E-state index in [2.05, 4.69) is 31.0 Å². The number of hydrogen-bond donors (Lipinski definition) is 1. The maximum atomic E-state index is 5.57. The fourth-order valence-corrected chi connectivity index (χ4v) is 2.62. The molecule has 0 bridgehead atoms. The topological polar surface area (TPSA) is 38.4 Å². The molecule has 1 heterocycles. The first kappa shape index (κ1) is 8.63. The molecular weight excluding hydrogens is 180 g/mol. The van der Waals surface area contributed by atoms with Gasteiger partial charge >= 0.3 is 0 Å². The molecule has 2 nitrogen and oxygen atoms in total. The summed E-state index contributed by atoms with van der Waals surface area (Å²) in [4.78, 5) is 5.62. The van der Waals surface area contributed by atoms with Crippen LogP contribution in [0.1, 0.15) is 13.8 Å². The third-order valence-corrected chi connectivity index (χ3v) is 3.82. The first-order valence-corrected chi connectivity index (χ1v) is 5.08. The first-order valence-electron chi connectivity index (χ1n) is 4.20. The van der Waals surface area contributed by atoms with Crippen LogP contribution >= 0.6 is 11.8 Å². The molecule has 0 fully saturated rings. The van der Waals surface area contributed by atoms with Crippen molar-refractivity contribution in [1.82, 2.24) is 0 Å². The Kier molecular flexibility index (Phi) is 1.84. The minimum Gasteiger partial charge on any atom is -0.403 e. The molecule has 1 aliphatic heterocycles. The maximum Gasteiger partial charge on any atom is 0.0713 e. The number of rotatable bonds is 0. The van der Waals surface area contributed by atoms with Gasteiger partial charge in [0.15, 0.2) is 0 Å². The molecule has 0 aromatic rings. The zero-order valence-electron chi connectivity index (χ0n) is 7.74. The van der Waals surface area contributed by atoms with Crippen molar-refractivity contribution in [3.05, 3.63) is 34.5 Å². The van der Waals surface area contributed by atoms with E-state index in [1.54, 1.807) is 18.0 Å². The number of thioether (sulfide) groups is 1. The third kappa shape index (κ3) is 1.000. The minimum atomic E-state index is -0.0613. The van der Waals surface area contributed by atoms with Crippen LogP contribution in [0.15, 0.2) is 39.5 Å². The fourth-order valence-electron chi connectivity index (χ4n) is 1.69. The highest BCUT2D eigenvalue weighted by Crippen LogP contribution is 2.52. The van der Waals surface area contributed by atoms with Gasteiger partial charge in [-0.25, -0.2) is 0 Å². The van der Waals surface area contributed by atoms with Crippen molar-refractivity contribution in [2.45, 2.75) is 13.8 Å². The summed E-state index contributed by atoms with van der Waals surface area (Å²) in [6, 6.07) is 0. The van der Waals surface area contributed by atoms with E-state index >= 15 is 0 Å². The molecule has 0 radical (unpaired) electrons. The van der Waals surface area contributed by atoms with Gasteiger partial charge in [-0.3, -0.25) is 4.99 Å². The Morgan fingerprint density at radius 3 is 3.00 bits per heavy atom. The molecule has 0 saturated heterocycles. The number of allylic oxidation sites excluding steroid dienone is 3. The predicted molar refractivity (Wildman–Crippen MR) is 58.3 cm³/mol. The Labute approximate surface area is 82.3 Å². The van der Waals surface area contributed by atoms with Crippen molar-refractivity contribution >= 4 is 17.3 Å². The van der Waals surface area contributed by atoms with Gasteiger partial charge in [0.25, 0.3) is 0 Å². The molecule has 3 heteroatoms. The summed E-state index contributed by atoms with van der Waals surface area (Å²) >= 11 is 1.68. The van der Waals surface area contributed by atoms with Crippen molar-refractivity contribution in [2.24, 2.45) is 16.1 Å². The van der Waals surface area contributed by atoms with Crippen LogP contribution in [0.4, 0.5) is 0 Å². The normalized spacial score (nSPS) is 34.5. The van der Waals surface area contributed by atoms with Crippen LogP contribution in [0.25, 0.3) is 0 Å². The van der Waals surface area contributed by atoms with Crippen molar-refractivity contribution in [3.8, 4) is 0 Å². The third-order valence-electron chi connectivity index (χ3n) is 2.81. The van der Waals surface area contributed by atoms with Crippen LogP contribution in [0.2, 0.25) is 0 Å². The average Bonchev–Trinajstić information content (AvgIpc) is 2.43. The number of nitrogens with zero attached hydrogens (tertiary/aromatic N) is 1. The molecule has 0 spiro atoms. The minimum absolute atomic E-state index is 0.0613. The van der Waals surface area contributed by atoms with Gasteiger partial charge in [0.05, 0.1) is 16.7 Å². The van der Waals surface area contributed by atoms with Gasteiger partial charge in [0.2, 0.25) is 0 Å². The quantitative estimate of drug-likeness (QED) is 0.640. The molecular formula is C10H12N2S. The van der Waals surface area contributed by atoms with Gasteiger partial charge < -0.3 is 5.73 Å². The Bertz CT molecular complexity index is 363. The summed E-state index contributed by atoms with van der Waals surface area (Å²) in [6.45, 7) is 4.29. The average molecular weight is 192 g/mol. The van der Waals surface area contributed by atoms with Gasteiger partial charge in [0.1, 0.15) is 0 Å². The van der Waals surface area contributed by atoms with Gasteiger partial charge in [-0.1, -0.05) is 29.5 Å². The highest BCUT2D eigenvalue weighted by atomic mass is 32.2. The number of aliphatic imine (C=N–C) groups is 1. The summed E-state index contributed by atoms with van der Waals surface area (Å²) in [5, 5.41) is 0. The zero-order chi connectivity index (χ0) is 9.47. The van der Waals surface area contributed by atoms with Crippen molar-refractivity contribution < 1.29 is 0 Å². The fraction of sp³-hybridized carbons (Fsp3) is 0.300. The molecule has 0 saturated carbocycles. The molecule has 0 aromatic heterocycles. The summed E-state index contributed by atoms with van der Waals surface area (Å²) in [5.74, 6) is 0. The Morgan fingerprint density at radius 2 is 2.31 bits per heavy atom. The number of hydrogen-bond acceptors (Lipinski definition) is 3. The van der Waals surface area contributed by atoms with E-state index in [0.717, 1.165) is 5.70 Å². The molecule has 2 N–H and O–H groups in total. The monoisotopic (exact) mass is 192 g/mol. The van der Waals surface area contributed by atoms with Gasteiger partial charge in [0, 0.05) is 11.1 Å². The highest BCUT2D eigenvalue weighted by molar-refractivity contribution is 8.15. The van der Waals surface area contributed by atoms with E-state index in [-0.39, 0.29) is 5.41 Å². The molecule has 13 heavy (non-hydrogen) atoms. The van der Waals surface area contributed by atoms with Crippen LogP contribution in [0.5, 0.6) is 0 Å². The molecule has 1 unspecified atom stereocenters. The molecule has 1 atom stereocenters. The van der Waals surface area contributed by atoms with E-state index in [9.17, 15) is 0 Å². The predicted octanol–water partition coefficient (Wildman–Crippen LogP) is 2.41. The molecule has 68 valence electrons. The lowest BCUT2D eigenvalue weighted by Gasteiger charge is -2.32. The van der Waals surface area contributed by atoms with Gasteiger partial charge in [-0.15, -0.1) is 0 Å². The lowest BCUT2D eigenvalue weighted by atomic mass is 9.82. The van der Waals surface area contributed by atoms with Crippen LogP contribution in [0.3, 0.4) is 0 Å². The summed E-state index contributed by atoms with van der Waals surface area (Å²) in [6.07, 6.45) is 5.89. The molecule has 0 amide bonds. The van der Waals surface area contributed by atoms with E-state index in [0.29, 0.717) is 0 Å². The van der Waals surface area contributed by atoms with E-state index in [1.165, 1.54) is 10.5 Å². The Balaban J connectivity index is 2.56. The van der Waals surface area contributed by atoms with Crippen LogP contribution in [-0.2, 0) is 0 Å². The smallest absolute Gasteiger partial charge is 0.0713 e. The van der Waals surface area contributed by atoms with Crippen LogP contribution in [0, 0.1) is 5.41 Å². The maximum absolute atomic E-state index is 5.57. The zero-order valence-corrected chi connectivity index (χ0v) is 8.56. The highest BCUT2D eigenvalue weighted by Gasteiger charge is 2.39. The van der Waals surface area contributed by atoms with E-state index in [4.69, 9.17) is 5.73 Å². The Hall–Kier alpha value is -0.960. The SMILES string of the molecule is CC1=CC=C2SC=N/C(=C/N)C12C. The lowest BCUT2D eigenvalue weighted by molar-refractivity contribution is 0.605. The molecule has 1 aliphatic carbocycles. The van der Waals surface area contributed by atoms with Crippen LogP contribution < -0.4 is 5.73 Å². The Morgan fingerprint density at radius 1 is 1.54 bits per heavy atom. The largest absolute Gasteiger partial charge is 0.403 e. The standard InChI is InChI=1S/C10H12N2S/c1-7-3-4-9-10(7,2)8(5-11)12-6-13-9/h3-6H,11H2,1-2H3/b8-5+. The summed E-state index contributed by atoms with van der Waals surface area (Å²) in [7, 11) is 0. The second-order valence-electron chi connectivity index (χ2n) is 3.41. The summed E-state index contributed by atoms with van der Waals surface area (Å²) in [5.41, 5.74) is 9.61. The molecule has 0 aromatic carbocycles.